The second-order valence-electron chi connectivity index (χ2n) is 5.57. The summed E-state index contributed by atoms with van der Waals surface area (Å²) in [5.74, 6) is 2.04. The lowest BCUT2D eigenvalue weighted by Crippen LogP contribution is -2.36. The van der Waals surface area contributed by atoms with Crippen LogP contribution in [0.5, 0.6) is 5.88 Å². The Kier molecular flexibility index (Phi) is 4.73. The molecule has 0 saturated carbocycles. The van der Waals surface area contributed by atoms with Gasteiger partial charge in [0.2, 0.25) is 11.8 Å². The molecule has 1 aliphatic heterocycles. The van der Waals surface area contributed by atoms with Crippen molar-refractivity contribution in [2.24, 2.45) is 5.92 Å². The molecule has 22 heavy (non-hydrogen) atoms. The summed E-state index contributed by atoms with van der Waals surface area (Å²) >= 11 is 5.82. The van der Waals surface area contributed by atoms with E-state index in [-0.39, 0.29) is 0 Å². The highest BCUT2D eigenvalue weighted by Crippen LogP contribution is 2.22. The van der Waals surface area contributed by atoms with E-state index in [4.69, 9.17) is 16.3 Å². The van der Waals surface area contributed by atoms with Gasteiger partial charge in [-0.2, -0.15) is 0 Å². The molecule has 0 radical (unpaired) electrons. The normalized spacial score (nSPS) is 15.8. The van der Waals surface area contributed by atoms with E-state index in [1.165, 1.54) is 0 Å². The van der Waals surface area contributed by atoms with Crippen molar-refractivity contribution in [3.63, 3.8) is 0 Å². The van der Waals surface area contributed by atoms with Crippen LogP contribution in [0.4, 0.5) is 5.95 Å². The van der Waals surface area contributed by atoms with Crippen molar-refractivity contribution >= 4 is 17.5 Å². The molecule has 3 heterocycles. The van der Waals surface area contributed by atoms with Crippen LogP contribution >= 0.6 is 11.6 Å². The van der Waals surface area contributed by atoms with Crippen molar-refractivity contribution < 1.29 is 4.74 Å². The quantitative estimate of drug-likeness (QED) is 0.867. The van der Waals surface area contributed by atoms with Crippen molar-refractivity contribution in [1.29, 1.82) is 0 Å². The van der Waals surface area contributed by atoms with E-state index >= 15 is 0 Å². The van der Waals surface area contributed by atoms with Crippen LogP contribution in [0.25, 0.3) is 0 Å². The first-order valence-corrected chi connectivity index (χ1v) is 7.87. The lowest BCUT2D eigenvalue weighted by atomic mass is 9.98. The lowest BCUT2D eigenvalue weighted by molar-refractivity contribution is 0.214. The van der Waals surface area contributed by atoms with Crippen LogP contribution in [0.15, 0.2) is 30.7 Å². The molecular weight excluding hydrogens is 300 g/mol. The minimum Gasteiger partial charge on any atom is -0.477 e. The molecule has 2 aromatic heterocycles. The van der Waals surface area contributed by atoms with Gasteiger partial charge in [-0.25, -0.2) is 15.0 Å². The maximum absolute atomic E-state index is 5.85. The molecular formula is C16H19ClN4O. The molecule has 5 nitrogen and oxygen atoms in total. The van der Waals surface area contributed by atoms with Gasteiger partial charge < -0.3 is 9.64 Å². The molecule has 3 rings (SSSR count). The predicted octanol–water partition coefficient (Wildman–Crippen LogP) is 3.13. The Bertz CT molecular complexity index is 612. The number of hydrogen-bond donors (Lipinski definition) is 0. The summed E-state index contributed by atoms with van der Waals surface area (Å²) in [4.78, 5) is 15.0. The van der Waals surface area contributed by atoms with E-state index in [0.29, 0.717) is 17.5 Å². The highest BCUT2D eigenvalue weighted by Gasteiger charge is 2.21. The number of anilines is 1. The molecule has 2 aromatic rings. The number of halogens is 1. The van der Waals surface area contributed by atoms with Gasteiger partial charge >= 0.3 is 0 Å². The molecule has 0 spiro atoms. The molecule has 0 atom stereocenters. The first-order valence-electron chi connectivity index (χ1n) is 7.49. The summed E-state index contributed by atoms with van der Waals surface area (Å²) in [5, 5.41) is 0.567. The largest absolute Gasteiger partial charge is 0.477 e. The third-order valence-electron chi connectivity index (χ3n) is 3.92. The van der Waals surface area contributed by atoms with Crippen LogP contribution < -0.4 is 9.64 Å². The number of piperidine rings is 1. The standard InChI is InChI=1S/C16H19ClN4O/c1-12-3-2-6-18-15(12)22-11-13-4-7-21(8-5-13)16-19-9-14(17)10-20-16/h2-3,6,9-10,13H,4-5,7-8,11H2,1H3. The first-order chi connectivity index (χ1) is 10.7. The smallest absolute Gasteiger partial charge is 0.225 e. The summed E-state index contributed by atoms with van der Waals surface area (Å²) < 4.78 is 5.85. The van der Waals surface area contributed by atoms with Crippen molar-refractivity contribution in [2.75, 3.05) is 24.6 Å². The van der Waals surface area contributed by atoms with Crippen LogP contribution in [-0.4, -0.2) is 34.6 Å². The van der Waals surface area contributed by atoms with Crippen molar-refractivity contribution in [2.45, 2.75) is 19.8 Å². The zero-order chi connectivity index (χ0) is 15.4. The Morgan fingerprint density at radius 1 is 1.23 bits per heavy atom. The summed E-state index contributed by atoms with van der Waals surface area (Å²) in [6.07, 6.45) is 7.18. The fourth-order valence-corrected chi connectivity index (χ4v) is 2.69. The summed E-state index contributed by atoms with van der Waals surface area (Å²) in [7, 11) is 0. The third-order valence-corrected chi connectivity index (χ3v) is 4.12. The number of nitrogens with zero attached hydrogens (tertiary/aromatic N) is 4. The van der Waals surface area contributed by atoms with E-state index in [9.17, 15) is 0 Å². The molecule has 0 amide bonds. The van der Waals surface area contributed by atoms with Gasteiger partial charge in [0.25, 0.3) is 0 Å². The molecule has 6 heteroatoms. The highest BCUT2D eigenvalue weighted by atomic mass is 35.5. The van der Waals surface area contributed by atoms with Gasteiger partial charge in [0, 0.05) is 24.8 Å². The maximum atomic E-state index is 5.85. The van der Waals surface area contributed by atoms with E-state index in [0.717, 1.165) is 43.3 Å². The Labute approximate surface area is 135 Å². The number of hydrogen-bond acceptors (Lipinski definition) is 5. The Morgan fingerprint density at radius 2 is 1.95 bits per heavy atom. The molecule has 1 aliphatic rings. The second-order valence-corrected chi connectivity index (χ2v) is 6.00. The summed E-state index contributed by atoms with van der Waals surface area (Å²) in [6.45, 7) is 4.61. The average molecular weight is 319 g/mol. The molecule has 1 saturated heterocycles. The molecule has 0 aliphatic carbocycles. The van der Waals surface area contributed by atoms with Gasteiger partial charge in [0.1, 0.15) is 0 Å². The van der Waals surface area contributed by atoms with E-state index in [1.807, 2.05) is 19.1 Å². The number of aromatic nitrogens is 3. The van der Waals surface area contributed by atoms with E-state index in [1.54, 1.807) is 18.6 Å². The fraction of sp³-hybridized carbons (Fsp3) is 0.438. The molecule has 1 fully saturated rings. The van der Waals surface area contributed by atoms with Gasteiger partial charge in [0.15, 0.2) is 0 Å². The third kappa shape index (κ3) is 3.65. The van der Waals surface area contributed by atoms with Gasteiger partial charge in [0.05, 0.1) is 24.0 Å². The zero-order valence-electron chi connectivity index (χ0n) is 12.6. The van der Waals surface area contributed by atoms with Crippen molar-refractivity contribution in [3.8, 4) is 5.88 Å². The molecule has 0 aromatic carbocycles. The molecule has 0 unspecified atom stereocenters. The topological polar surface area (TPSA) is 51.1 Å². The van der Waals surface area contributed by atoms with Crippen LogP contribution in [0, 0.1) is 12.8 Å². The fourth-order valence-electron chi connectivity index (χ4n) is 2.59. The van der Waals surface area contributed by atoms with Crippen LogP contribution in [0.2, 0.25) is 5.02 Å². The van der Waals surface area contributed by atoms with Crippen LogP contribution in [0.1, 0.15) is 18.4 Å². The lowest BCUT2D eigenvalue weighted by Gasteiger charge is -2.31. The number of ether oxygens (including phenoxy) is 1. The van der Waals surface area contributed by atoms with Crippen molar-refractivity contribution in [1.82, 2.24) is 15.0 Å². The number of pyridine rings is 1. The van der Waals surface area contributed by atoms with Gasteiger partial charge in [-0.1, -0.05) is 17.7 Å². The van der Waals surface area contributed by atoms with Gasteiger partial charge in [-0.3, -0.25) is 0 Å². The Hall–Kier alpha value is -1.88. The number of aryl methyl sites for hydroxylation is 1. The van der Waals surface area contributed by atoms with Crippen molar-refractivity contribution in [3.05, 3.63) is 41.3 Å². The first kappa shape index (κ1) is 15.0. The monoisotopic (exact) mass is 318 g/mol. The Morgan fingerprint density at radius 3 is 2.64 bits per heavy atom. The Balaban J connectivity index is 1.49. The second kappa shape index (κ2) is 6.92. The summed E-state index contributed by atoms with van der Waals surface area (Å²) in [5.41, 5.74) is 1.08. The molecule has 0 N–H and O–H groups in total. The molecule has 0 bridgehead atoms. The highest BCUT2D eigenvalue weighted by molar-refractivity contribution is 6.30. The number of rotatable bonds is 4. The minimum absolute atomic E-state index is 0.546. The average Bonchev–Trinajstić information content (AvgIpc) is 2.55. The van der Waals surface area contributed by atoms with E-state index < -0.39 is 0 Å². The van der Waals surface area contributed by atoms with E-state index in [2.05, 4.69) is 19.9 Å². The minimum atomic E-state index is 0.546. The van der Waals surface area contributed by atoms with Crippen LogP contribution in [0.3, 0.4) is 0 Å². The van der Waals surface area contributed by atoms with Gasteiger partial charge in [-0.05, 0) is 31.7 Å². The van der Waals surface area contributed by atoms with Gasteiger partial charge in [-0.15, -0.1) is 0 Å². The maximum Gasteiger partial charge on any atom is 0.225 e. The van der Waals surface area contributed by atoms with Crippen LogP contribution in [-0.2, 0) is 0 Å². The zero-order valence-corrected chi connectivity index (χ0v) is 13.3. The summed E-state index contributed by atoms with van der Waals surface area (Å²) in [6, 6.07) is 3.94. The predicted molar refractivity (Wildman–Crippen MR) is 86.4 cm³/mol. The molecule has 116 valence electrons. The SMILES string of the molecule is Cc1cccnc1OCC1CCN(c2ncc(Cl)cn2)CC1.